The fraction of sp³-hybridized carbons (Fsp3) is 0.471. The van der Waals surface area contributed by atoms with E-state index in [1.54, 1.807) is 43.2 Å². The second-order valence-electron chi connectivity index (χ2n) is 5.46. The number of carboxylic acid groups (broad SMARTS) is 1. The van der Waals surface area contributed by atoms with Crippen molar-refractivity contribution in [1.82, 2.24) is 0 Å². The van der Waals surface area contributed by atoms with Crippen molar-refractivity contribution < 1.29 is 19.4 Å². The summed E-state index contributed by atoms with van der Waals surface area (Å²) in [6.07, 6.45) is 0.805. The highest BCUT2D eigenvalue weighted by atomic mass is 16.5. The van der Waals surface area contributed by atoms with Crippen LogP contribution in [-0.2, 0) is 14.3 Å². The Balaban J connectivity index is 2.83. The molecule has 6 heteroatoms. The van der Waals surface area contributed by atoms with Crippen molar-refractivity contribution in [3.05, 3.63) is 29.8 Å². The molecule has 1 rings (SSSR count). The summed E-state index contributed by atoms with van der Waals surface area (Å²) >= 11 is 0. The Morgan fingerprint density at radius 3 is 2.48 bits per heavy atom. The van der Waals surface area contributed by atoms with Gasteiger partial charge >= 0.3 is 5.97 Å². The van der Waals surface area contributed by atoms with E-state index in [1.807, 2.05) is 6.07 Å². The zero-order chi connectivity index (χ0) is 17.2. The molecule has 1 aromatic rings. The molecule has 0 aliphatic heterocycles. The molecule has 23 heavy (non-hydrogen) atoms. The molecule has 0 aliphatic rings. The number of nitriles is 1. The van der Waals surface area contributed by atoms with Gasteiger partial charge in [-0.1, -0.05) is 6.92 Å². The highest BCUT2D eigenvalue weighted by Crippen LogP contribution is 2.19. The molecule has 1 N–H and O–H groups in total. The van der Waals surface area contributed by atoms with Gasteiger partial charge in [-0.05, 0) is 36.6 Å². The molecular weight excluding hydrogens is 296 g/mol. The maximum absolute atomic E-state index is 12.5. The van der Waals surface area contributed by atoms with E-state index in [0.717, 1.165) is 0 Å². The average Bonchev–Trinajstić information content (AvgIpc) is 2.51. The number of methoxy groups -OCH3 is 1. The summed E-state index contributed by atoms with van der Waals surface area (Å²) < 4.78 is 5.02. The van der Waals surface area contributed by atoms with Crippen LogP contribution in [0.2, 0.25) is 0 Å². The number of anilines is 1. The summed E-state index contributed by atoms with van der Waals surface area (Å²) in [5, 5.41) is 17.7. The molecule has 1 amide bonds. The van der Waals surface area contributed by atoms with Crippen LogP contribution in [0.3, 0.4) is 0 Å². The van der Waals surface area contributed by atoms with Gasteiger partial charge in [0.05, 0.1) is 11.6 Å². The Bertz CT molecular complexity index is 563. The first kappa shape index (κ1) is 18.7. The minimum absolute atomic E-state index is 0.0367. The number of carbonyl (C=O) groups is 2. The largest absolute Gasteiger partial charge is 0.481 e. The number of hydrogen-bond acceptors (Lipinski definition) is 4. The Labute approximate surface area is 136 Å². The van der Waals surface area contributed by atoms with Gasteiger partial charge in [-0.2, -0.15) is 5.26 Å². The quantitative estimate of drug-likeness (QED) is 0.706. The summed E-state index contributed by atoms with van der Waals surface area (Å²) in [5.74, 6) is -1.27. The molecule has 0 aromatic heterocycles. The first-order valence-corrected chi connectivity index (χ1v) is 7.49. The van der Waals surface area contributed by atoms with E-state index in [-0.39, 0.29) is 24.7 Å². The molecule has 124 valence electrons. The molecular formula is C17H22N2O4. The van der Waals surface area contributed by atoms with E-state index in [0.29, 0.717) is 30.8 Å². The summed E-state index contributed by atoms with van der Waals surface area (Å²) in [4.78, 5) is 24.9. The van der Waals surface area contributed by atoms with Crippen LogP contribution in [0.4, 0.5) is 5.69 Å². The number of aliphatic carboxylic acids is 1. The van der Waals surface area contributed by atoms with Gasteiger partial charge in [0.1, 0.15) is 0 Å². The fourth-order valence-corrected chi connectivity index (χ4v) is 2.26. The zero-order valence-corrected chi connectivity index (χ0v) is 13.5. The van der Waals surface area contributed by atoms with Crippen LogP contribution in [0, 0.1) is 17.2 Å². The molecule has 0 saturated heterocycles. The number of ether oxygens (including phenoxy) is 1. The SMILES string of the molecule is COCCCN(C(=O)C[C@H](C)CC(=O)O)c1ccc(C#N)cc1. The number of amides is 1. The van der Waals surface area contributed by atoms with Crippen molar-refractivity contribution >= 4 is 17.6 Å². The lowest BCUT2D eigenvalue weighted by molar-refractivity contribution is -0.138. The second-order valence-corrected chi connectivity index (χ2v) is 5.46. The topological polar surface area (TPSA) is 90.6 Å². The summed E-state index contributed by atoms with van der Waals surface area (Å²) in [5.41, 5.74) is 1.23. The third-order valence-corrected chi connectivity index (χ3v) is 3.39. The Morgan fingerprint density at radius 2 is 1.96 bits per heavy atom. The lowest BCUT2D eigenvalue weighted by atomic mass is 10.0. The van der Waals surface area contributed by atoms with Crippen molar-refractivity contribution in [2.24, 2.45) is 5.92 Å². The Kier molecular flexibility index (Phi) is 7.78. The van der Waals surface area contributed by atoms with Crippen molar-refractivity contribution in [1.29, 1.82) is 5.26 Å². The minimum atomic E-state index is -0.908. The van der Waals surface area contributed by atoms with Crippen LogP contribution >= 0.6 is 0 Å². The maximum atomic E-state index is 12.5. The van der Waals surface area contributed by atoms with E-state index < -0.39 is 5.97 Å². The highest BCUT2D eigenvalue weighted by molar-refractivity contribution is 5.93. The van der Waals surface area contributed by atoms with Crippen LogP contribution in [0.1, 0.15) is 31.7 Å². The third-order valence-electron chi connectivity index (χ3n) is 3.39. The number of benzene rings is 1. The van der Waals surface area contributed by atoms with Gasteiger partial charge < -0.3 is 14.7 Å². The van der Waals surface area contributed by atoms with Gasteiger partial charge in [0.25, 0.3) is 0 Å². The van der Waals surface area contributed by atoms with Gasteiger partial charge in [0.15, 0.2) is 0 Å². The summed E-state index contributed by atoms with van der Waals surface area (Å²) in [6, 6.07) is 8.81. The van der Waals surface area contributed by atoms with Crippen LogP contribution in [-0.4, -0.2) is 37.2 Å². The Morgan fingerprint density at radius 1 is 1.30 bits per heavy atom. The standard InChI is InChI=1S/C17H22N2O4/c1-13(11-17(21)22)10-16(20)19(8-3-9-23-2)15-6-4-14(12-18)5-7-15/h4-7,13H,3,8-11H2,1-2H3,(H,21,22)/t13-/m0/s1. The number of rotatable bonds is 9. The van der Waals surface area contributed by atoms with Crippen molar-refractivity contribution in [2.45, 2.75) is 26.2 Å². The van der Waals surface area contributed by atoms with E-state index in [4.69, 9.17) is 15.1 Å². The fourth-order valence-electron chi connectivity index (χ4n) is 2.26. The lowest BCUT2D eigenvalue weighted by Crippen LogP contribution is -2.33. The molecule has 1 aromatic carbocycles. The smallest absolute Gasteiger partial charge is 0.303 e. The first-order chi connectivity index (χ1) is 11.0. The molecule has 0 unspecified atom stereocenters. The number of hydrogen-bond donors (Lipinski definition) is 1. The first-order valence-electron chi connectivity index (χ1n) is 7.49. The lowest BCUT2D eigenvalue weighted by Gasteiger charge is -2.24. The monoisotopic (exact) mass is 318 g/mol. The van der Waals surface area contributed by atoms with Crippen LogP contribution in [0.25, 0.3) is 0 Å². The van der Waals surface area contributed by atoms with Gasteiger partial charge in [-0.3, -0.25) is 9.59 Å². The molecule has 0 spiro atoms. The predicted octanol–water partition coefficient (Wildman–Crippen LogP) is 2.43. The van der Waals surface area contributed by atoms with Gasteiger partial charge in [0, 0.05) is 38.8 Å². The van der Waals surface area contributed by atoms with E-state index in [9.17, 15) is 9.59 Å². The van der Waals surface area contributed by atoms with E-state index in [2.05, 4.69) is 0 Å². The second kappa shape index (κ2) is 9.59. The van der Waals surface area contributed by atoms with Crippen molar-refractivity contribution in [3.63, 3.8) is 0 Å². The van der Waals surface area contributed by atoms with Gasteiger partial charge in [-0.25, -0.2) is 0 Å². The predicted molar refractivity (Wildman–Crippen MR) is 86.0 cm³/mol. The molecule has 0 radical (unpaired) electrons. The third kappa shape index (κ3) is 6.49. The molecule has 0 aliphatic carbocycles. The van der Waals surface area contributed by atoms with Crippen molar-refractivity contribution in [3.8, 4) is 6.07 Å². The van der Waals surface area contributed by atoms with E-state index in [1.165, 1.54) is 0 Å². The zero-order valence-electron chi connectivity index (χ0n) is 13.5. The maximum Gasteiger partial charge on any atom is 0.303 e. The number of nitrogens with zero attached hydrogens (tertiary/aromatic N) is 2. The van der Waals surface area contributed by atoms with Crippen LogP contribution in [0.5, 0.6) is 0 Å². The van der Waals surface area contributed by atoms with E-state index >= 15 is 0 Å². The number of carbonyl (C=O) groups excluding carboxylic acids is 1. The van der Waals surface area contributed by atoms with Gasteiger partial charge in [-0.15, -0.1) is 0 Å². The molecule has 0 saturated carbocycles. The summed E-state index contributed by atoms with van der Waals surface area (Å²) in [7, 11) is 1.60. The number of carboxylic acids is 1. The van der Waals surface area contributed by atoms with Crippen LogP contribution < -0.4 is 4.90 Å². The van der Waals surface area contributed by atoms with Gasteiger partial charge in [0.2, 0.25) is 5.91 Å². The average molecular weight is 318 g/mol. The molecule has 0 fully saturated rings. The molecule has 6 nitrogen and oxygen atoms in total. The van der Waals surface area contributed by atoms with Crippen LogP contribution in [0.15, 0.2) is 24.3 Å². The molecule has 1 atom stereocenters. The Hall–Kier alpha value is -2.39. The highest BCUT2D eigenvalue weighted by Gasteiger charge is 2.19. The molecule has 0 heterocycles. The summed E-state index contributed by atoms with van der Waals surface area (Å²) in [6.45, 7) is 2.77. The minimum Gasteiger partial charge on any atom is -0.481 e. The van der Waals surface area contributed by atoms with Crippen molar-refractivity contribution in [2.75, 3.05) is 25.2 Å². The molecule has 0 bridgehead atoms. The normalized spacial score (nSPS) is 11.5.